The van der Waals surface area contributed by atoms with E-state index in [2.05, 4.69) is 15.6 Å². The van der Waals surface area contributed by atoms with Crippen LogP contribution in [0.2, 0.25) is 0 Å². The Morgan fingerprint density at radius 2 is 2.30 bits per heavy atom. The summed E-state index contributed by atoms with van der Waals surface area (Å²) in [6.45, 7) is 3.52. The van der Waals surface area contributed by atoms with Gasteiger partial charge in [-0.15, -0.1) is 0 Å². The third kappa shape index (κ3) is 2.92. The van der Waals surface area contributed by atoms with Crippen molar-refractivity contribution in [2.75, 3.05) is 5.32 Å². The van der Waals surface area contributed by atoms with Gasteiger partial charge in [0.15, 0.2) is 5.82 Å². The highest BCUT2D eigenvalue weighted by atomic mass is 16.5. The SMILES string of the molecule is Cc1cc(NC(=O)/C(C#N)=C/c2cn(C)nc2C)no1. The smallest absolute Gasteiger partial charge is 0.267 e. The first-order valence-corrected chi connectivity index (χ1v) is 5.86. The molecule has 102 valence electrons. The number of carbonyl (C=O) groups excluding carboxylic acids is 1. The maximum Gasteiger partial charge on any atom is 0.267 e. The zero-order valence-electron chi connectivity index (χ0n) is 11.3. The van der Waals surface area contributed by atoms with Crippen molar-refractivity contribution in [2.45, 2.75) is 13.8 Å². The second-order valence-corrected chi connectivity index (χ2v) is 4.29. The van der Waals surface area contributed by atoms with Gasteiger partial charge in [0.05, 0.1) is 5.69 Å². The molecule has 0 aromatic carbocycles. The molecule has 2 aromatic heterocycles. The lowest BCUT2D eigenvalue weighted by Crippen LogP contribution is -2.13. The van der Waals surface area contributed by atoms with Gasteiger partial charge in [0, 0.05) is 24.9 Å². The van der Waals surface area contributed by atoms with Crippen molar-refractivity contribution in [1.82, 2.24) is 14.9 Å². The molecule has 2 heterocycles. The molecule has 7 nitrogen and oxygen atoms in total. The Morgan fingerprint density at radius 3 is 2.80 bits per heavy atom. The maximum absolute atomic E-state index is 12.0. The number of anilines is 1. The highest BCUT2D eigenvalue weighted by Gasteiger charge is 2.13. The van der Waals surface area contributed by atoms with E-state index in [1.54, 1.807) is 37.8 Å². The zero-order valence-corrected chi connectivity index (χ0v) is 11.3. The first kappa shape index (κ1) is 13.5. The van der Waals surface area contributed by atoms with Gasteiger partial charge in [-0.1, -0.05) is 5.16 Å². The molecule has 0 aliphatic heterocycles. The summed E-state index contributed by atoms with van der Waals surface area (Å²) in [5, 5.41) is 19.4. The van der Waals surface area contributed by atoms with E-state index in [0.29, 0.717) is 5.76 Å². The van der Waals surface area contributed by atoms with Crippen LogP contribution >= 0.6 is 0 Å². The fourth-order valence-corrected chi connectivity index (χ4v) is 1.67. The molecule has 1 N–H and O–H groups in total. The minimum absolute atomic E-state index is 0.0262. The van der Waals surface area contributed by atoms with Gasteiger partial charge in [0.2, 0.25) is 0 Å². The van der Waals surface area contributed by atoms with E-state index in [1.807, 2.05) is 6.07 Å². The average molecular weight is 271 g/mol. The lowest BCUT2D eigenvalue weighted by molar-refractivity contribution is -0.112. The van der Waals surface area contributed by atoms with Crippen LogP contribution in [0.4, 0.5) is 5.82 Å². The van der Waals surface area contributed by atoms with Crippen molar-refractivity contribution in [1.29, 1.82) is 5.26 Å². The average Bonchev–Trinajstić information content (AvgIpc) is 2.92. The lowest BCUT2D eigenvalue weighted by atomic mass is 10.1. The van der Waals surface area contributed by atoms with Gasteiger partial charge in [-0.3, -0.25) is 9.48 Å². The number of nitrogens with zero attached hydrogens (tertiary/aromatic N) is 4. The molecule has 0 saturated heterocycles. The molecule has 0 atom stereocenters. The summed E-state index contributed by atoms with van der Waals surface area (Å²) in [6.07, 6.45) is 3.23. The number of nitrogens with one attached hydrogen (secondary N) is 1. The molecule has 7 heteroatoms. The molecule has 0 bridgehead atoms. The Kier molecular flexibility index (Phi) is 3.66. The van der Waals surface area contributed by atoms with E-state index in [-0.39, 0.29) is 11.4 Å². The summed E-state index contributed by atoms with van der Waals surface area (Å²) < 4.78 is 6.46. The number of aromatic nitrogens is 3. The van der Waals surface area contributed by atoms with Crippen molar-refractivity contribution in [3.63, 3.8) is 0 Å². The normalized spacial score (nSPS) is 11.2. The Morgan fingerprint density at radius 1 is 1.55 bits per heavy atom. The zero-order chi connectivity index (χ0) is 14.7. The van der Waals surface area contributed by atoms with Crippen molar-refractivity contribution >= 4 is 17.8 Å². The van der Waals surface area contributed by atoms with Crippen LogP contribution in [0.1, 0.15) is 17.0 Å². The van der Waals surface area contributed by atoms with Crippen molar-refractivity contribution in [3.05, 3.63) is 34.9 Å². The topological polar surface area (TPSA) is 96.7 Å². The lowest BCUT2D eigenvalue weighted by Gasteiger charge is -1.98. The first-order chi connectivity index (χ1) is 9.49. The van der Waals surface area contributed by atoms with Gasteiger partial charge in [-0.2, -0.15) is 10.4 Å². The molecule has 20 heavy (non-hydrogen) atoms. The highest BCUT2D eigenvalue weighted by Crippen LogP contribution is 2.13. The minimum atomic E-state index is -0.538. The minimum Gasteiger partial charge on any atom is -0.360 e. The quantitative estimate of drug-likeness (QED) is 0.675. The molecular weight excluding hydrogens is 258 g/mol. The van der Waals surface area contributed by atoms with Crippen molar-refractivity contribution in [2.24, 2.45) is 7.05 Å². The molecular formula is C13H13N5O2. The number of hydrogen-bond donors (Lipinski definition) is 1. The molecule has 0 fully saturated rings. The monoisotopic (exact) mass is 271 g/mol. The predicted molar refractivity (Wildman–Crippen MR) is 71.4 cm³/mol. The van der Waals surface area contributed by atoms with E-state index >= 15 is 0 Å². The summed E-state index contributed by atoms with van der Waals surface area (Å²) in [5.74, 6) is 0.312. The Bertz CT molecular complexity index is 717. The van der Waals surface area contributed by atoms with Crippen LogP contribution in [0, 0.1) is 25.2 Å². The van der Waals surface area contributed by atoms with Gasteiger partial charge in [-0.25, -0.2) is 0 Å². The van der Waals surface area contributed by atoms with Crippen LogP contribution in [0.5, 0.6) is 0 Å². The number of hydrogen-bond acceptors (Lipinski definition) is 5. The summed E-state index contributed by atoms with van der Waals surface area (Å²) in [6, 6.07) is 3.44. The van der Waals surface area contributed by atoms with Crippen LogP contribution in [-0.4, -0.2) is 20.8 Å². The number of nitriles is 1. The van der Waals surface area contributed by atoms with Crippen LogP contribution in [0.3, 0.4) is 0 Å². The molecule has 2 aromatic rings. The number of carbonyl (C=O) groups is 1. The molecule has 0 spiro atoms. The molecule has 0 saturated carbocycles. The number of amides is 1. The van der Waals surface area contributed by atoms with E-state index < -0.39 is 5.91 Å². The van der Waals surface area contributed by atoms with Crippen molar-refractivity contribution < 1.29 is 9.32 Å². The van der Waals surface area contributed by atoms with Gasteiger partial charge in [0.1, 0.15) is 17.4 Å². The van der Waals surface area contributed by atoms with Crippen LogP contribution in [0.15, 0.2) is 22.4 Å². The maximum atomic E-state index is 12.0. The Hall–Kier alpha value is -2.88. The molecule has 1 amide bonds. The summed E-state index contributed by atoms with van der Waals surface area (Å²) in [4.78, 5) is 12.0. The van der Waals surface area contributed by atoms with E-state index in [0.717, 1.165) is 11.3 Å². The predicted octanol–water partition coefficient (Wildman–Crippen LogP) is 1.57. The molecule has 0 aliphatic carbocycles. The standard InChI is InChI=1S/C13H13N5O2/c1-8-4-12(17-20-8)15-13(19)10(6-14)5-11-7-18(3)16-9(11)2/h4-5,7H,1-3H3,(H,15,17,19)/b10-5+. The third-order valence-electron chi connectivity index (χ3n) is 2.59. The summed E-state index contributed by atoms with van der Waals surface area (Å²) in [5.41, 5.74) is 1.43. The fourth-order valence-electron chi connectivity index (χ4n) is 1.67. The Labute approximate surface area is 115 Å². The second-order valence-electron chi connectivity index (χ2n) is 4.29. The van der Waals surface area contributed by atoms with E-state index in [9.17, 15) is 4.79 Å². The fraction of sp³-hybridized carbons (Fsp3) is 0.231. The first-order valence-electron chi connectivity index (χ1n) is 5.86. The molecule has 0 radical (unpaired) electrons. The van der Waals surface area contributed by atoms with Crippen LogP contribution < -0.4 is 5.32 Å². The van der Waals surface area contributed by atoms with E-state index in [1.165, 1.54) is 6.08 Å². The van der Waals surface area contributed by atoms with E-state index in [4.69, 9.17) is 9.78 Å². The summed E-state index contributed by atoms with van der Waals surface area (Å²) >= 11 is 0. The third-order valence-corrected chi connectivity index (χ3v) is 2.59. The van der Waals surface area contributed by atoms with Gasteiger partial charge < -0.3 is 9.84 Å². The van der Waals surface area contributed by atoms with Crippen LogP contribution in [-0.2, 0) is 11.8 Å². The Balaban J connectivity index is 2.22. The van der Waals surface area contributed by atoms with Crippen LogP contribution in [0.25, 0.3) is 6.08 Å². The number of aryl methyl sites for hydroxylation is 3. The van der Waals surface area contributed by atoms with Gasteiger partial charge >= 0.3 is 0 Å². The second kappa shape index (κ2) is 5.40. The van der Waals surface area contributed by atoms with Crippen molar-refractivity contribution in [3.8, 4) is 6.07 Å². The molecule has 0 aliphatic rings. The number of rotatable bonds is 3. The summed E-state index contributed by atoms with van der Waals surface area (Å²) in [7, 11) is 1.77. The van der Waals surface area contributed by atoms with Gasteiger partial charge in [-0.05, 0) is 19.9 Å². The van der Waals surface area contributed by atoms with Gasteiger partial charge in [0.25, 0.3) is 5.91 Å². The largest absolute Gasteiger partial charge is 0.360 e. The highest BCUT2D eigenvalue weighted by molar-refractivity contribution is 6.09. The molecule has 0 unspecified atom stereocenters. The molecule has 2 rings (SSSR count).